The highest BCUT2D eigenvalue weighted by molar-refractivity contribution is 6.03. The molecule has 0 amide bonds. The standard InChI is InChI=1S/C14H13FN2O/c1-10(17-18)13-9-11(15)7-8-14(13)16-12-5-3-2-4-6-12/h2-9,16,18H,1H3/b17-10+. The number of rotatable bonds is 3. The van der Waals surface area contributed by atoms with E-state index in [9.17, 15) is 4.39 Å². The van der Waals surface area contributed by atoms with Crippen molar-refractivity contribution in [1.82, 2.24) is 0 Å². The molecule has 18 heavy (non-hydrogen) atoms. The van der Waals surface area contributed by atoms with Crippen LogP contribution in [0.1, 0.15) is 12.5 Å². The van der Waals surface area contributed by atoms with Crippen molar-refractivity contribution in [2.75, 3.05) is 5.32 Å². The second kappa shape index (κ2) is 5.31. The fraction of sp³-hybridized carbons (Fsp3) is 0.0714. The van der Waals surface area contributed by atoms with Gasteiger partial charge in [-0.25, -0.2) is 4.39 Å². The molecular weight excluding hydrogens is 231 g/mol. The summed E-state index contributed by atoms with van der Waals surface area (Å²) in [5.74, 6) is -0.369. The lowest BCUT2D eigenvalue weighted by Crippen LogP contribution is -2.02. The highest BCUT2D eigenvalue weighted by Crippen LogP contribution is 2.22. The average molecular weight is 244 g/mol. The van der Waals surface area contributed by atoms with Gasteiger partial charge in [-0.05, 0) is 37.3 Å². The van der Waals surface area contributed by atoms with Gasteiger partial charge in [-0.2, -0.15) is 0 Å². The molecule has 2 aromatic rings. The van der Waals surface area contributed by atoms with Crippen LogP contribution in [-0.2, 0) is 0 Å². The van der Waals surface area contributed by atoms with Crippen molar-refractivity contribution in [1.29, 1.82) is 0 Å². The van der Waals surface area contributed by atoms with E-state index in [0.717, 1.165) is 5.69 Å². The third kappa shape index (κ3) is 2.66. The number of nitrogens with one attached hydrogen (secondary N) is 1. The van der Waals surface area contributed by atoms with Crippen LogP contribution in [-0.4, -0.2) is 10.9 Å². The molecule has 0 unspecified atom stereocenters. The van der Waals surface area contributed by atoms with E-state index in [1.54, 1.807) is 13.0 Å². The fourth-order valence-electron chi connectivity index (χ4n) is 1.66. The van der Waals surface area contributed by atoms with Crippen molar-refractivity contribution >= 4 is 17.1 Å². The number of nitrogens with zero attached hydrogens (tertiary/aromatic N) is 1. The van der Waals surface area contributed by atoms with Gasteiger partial charge in [-0.1, -0.05) is 23.4 Å². The van der Waals surface area contributed by atoms with E-state index in [1.165, 1.54) is 12.1 Å². The minimum Gasteiger partial charge on any atom is -0.411 e. The number of anilines is 2. The Bertz CT molecular complexity index is 567. The molecule has 0 fully saturated rings. The van der Waals surface area contributed by atoms with Gasteiger partial charge in [0.1, 0.15) is 5.82 Å². The molecule has 92 valence electrons. The molecule has 0 aliphatic carbocycles. The molecule has 0 heterocycles. The lowest BCUT2D eigenvalue weighted by atomic mass is 10.1. The van der Waals surface area contributed by atoms with Crippen molar-refractivity contribution in [3.8, 4) is 0 Å². The summed E-state index contributed by atoms with van der Waals surface area (Å²) < 4.78 is 13.2. The van der Waals surface area contributed by atoms with E-state index < -0.39 is 0 Å². The van der Waals surface area contributed by atoms with Crippen molar-refractivity contribution in [3.05, 3.63) is 59.9 Å². The molecule has 2 rings (SSSR count). The van der Waals surface area contributed by atoms with Gasteiger partial charge in [0.05, 0.1) is 5.71 Å². The van der Waals surface area contributed by atoms with E-state index in [0.29, 0.717) is 17.0 Å². The molecule has 3 nitrogen and oxygen atoms in total. The lowest BCUT2D eigenvalue weighted by Gasteiger charge is -2.11. The summed E-state index contributed by atoms with van der Waals surface area (Å²) in [5.41, 5.74) is 2.46. The van der Waals surface area contributed by atoms with Crippen LogP contribution in [0.3, 0.4) is 0 Å². The molecule has 0 spiro atoms. The molecule has 0 saturated heterocycles. The summed E-state index contributed by atoms with van der Waals surface area (Å²) >= 11 is 0. The third-order valence-electron chi connectivity index (χ3n) is 2.57. The largest absolute Gasteiger partial charge is 0.411 e. The predicted molar refractivity (Wildman–Crippen MR) is 70.1 cm³/mol. The van der Waals surface area contributed by atoms with Gasteiger partial charge in [0, 0.05) is 16.9 Å². The van der Waals surface area contributed by atoms with Crippen LogP contribution >= 0.6 is 0 Å². The van der Waals surface area contributed by atoms with Gasteiger partial charge in [0.2, 0.25) is 0 Å². The Kier molecular flexibility index (Phi) is 3.57. The molecule has 0 aliphatic rings. The van der Waals surface area contributed by atoms with Gasteiger partial charge in [-0.15, -0.1) is 0 Å². The van der Waals surface area contributed by atoms with Crippen LogP contribution in [0.2, 0.25) is 0 Å². The van der Waals surface area contributed by atoms with Crippen LogP contribution in [0.5, 0.6) is 0 Å². The molecule has 0 bridgehead atoms. The SMILES string of the molecule is C/C(=N\O)c1cc(F)ccc1Nc1ccccc1. The van der Waals surface area contributed by atoms with Gasteiger partial charge < -0.3 is 10.5 Å². The smallest absolute Gasteiger partial charge is 0.124 e. The minimum atomic E-state index is -0.369. The highest BCUT2D eigenvalue weighted by atomic mass is 19.1. The van der Waals surface area contributed by atoms with E-state index in [4.69, 9.17) is 5.21 Å². The zero-order valence-electron chi connectivity index (χ0n) is 9.89. The van der Waals surface area contributed by atoms with Crippen LogP contribution in [0.15, 0.2) is 53.7 Å². The first-order chi connectivity index (χ1) is 8.70. The first-order valence-corrected chi connectivity index (χ1v) is 5.51. The highest BCUT2D eigenvalue weighted by Gasteiger charge is 2.08. The van der Waals surface area contributed by atoms with Crippen molar-refractivity contribution in [2.24, 2.45) is 5.16 Å². The van der Waals surface area contributed by atoms with Crippen molar-refractivity contribution in [2.45, 2.75) is 6.92 Å². The van der Waals surface area contributed by atoms with E-state index in [2.05, 4.69) is 10.5 Å². The zero-order chi connectivity index (χ0) is 13.0. The maximum atomic E-state index is 13.2. The molecule has 0 saturated carbocycles. The van der Waals surface area contributed by atoms with Crippen LogP contribution in [0.25, 0.3) is 0 Å². The van der Waals surface area contributed by atoms with E-state index >= 15 is 0 Å². The first kappa shape index (κ1) is 12.1. The number of hydrogen-bond acceptors (Lipinski definition) is 3. The number of hydrogen-bond donors (Lipinski definition) is 2. The Morgan fingerprint density at radius 1 is 1.17 bits per heavy atom. The second-order valence-electron chi connectivity index (χ2n) is 3.87. The summed E-state index contributed by atoms with van der Waals surface area (Å²) in [6, 6.07) is 13.8. The normalized spacial score (nSPS) is 11.3. The maximum absolute atomic E-state index is 13.2. The summed E-state index contributed by atoms with van der Waals surface area (Å²) in [6.07, 6.45) is 0. The van der Waals surface area contributed by atoms with Gasteiger partial charge >= 0.3 is 0 Å². The van der Waals surface area contributed by atoms with Gasteiger partial charge in [-0.3, -0.25) is 0 Å². The first-order valence-electron chi connectivity index (χ1n) is 5.51. The Hall–Kier alpha value is -2.36. The van der Waals surface area contributed by atoms with Gasteiger partial charge in [0.15, 0.2) is 0 Å². The molecule has 0 aliphatic heterocycles. The van der Waals surface area contributed by atoms with Crippen LogP contribution in [0, 0.1) is 5.82 Å². The third-order valence-corrected chi connectivity index (χ3v) is 2.57. The average Bonchev–Trinajstić information content (AvgIpc) is 2.41. The van der Waals surface area contributed by atoms with E-state index in [-0.39, 0.29) is 5.82 Å². The zero-order valence-corrected chi connectivity index (χ0v) is 9.89. The van der Waals surface area contributed by atoms with Crippen LogP contribution < -0.4 is 5.32 Å². The Balaban J connectivity index is 2.39. The molecule has 0 atom stereocenters. The molecule has 0 aromatic heterocycles. The monoisotopic (exact) mass is 244 g/mol. The Labute approximate surface area is 105 Å². The number of oxime groups is 1. The van der Waals surface area contributed by atoms with Crippen LogP contribution in [0.4, 0.5) is 15.8 Å². The van der Waals surface area contributed by atoms with Gasteiger partial charge in [0.25, 0.3) is 0 Å². The molecular formula is C14H13FN2O. The molecule has 2 aromatic carbocycles. The summed E-state index contributed by atoms with van der Waals surface area (Å²) in [5, 5.41) is 15.1. The number of halogens is 1. The molecule has 4 heteroatoms. The summed E-state index contributed by atoms with van der Waals surface area (Å²) in [6.45, 7) is 1.62. The minimum absolute atomic E-state index is 0.355. The quantitative estimate of drug-likeness (QED) is 0.490. The summed E-state index contributed by atoms with van der Waals surface area (Å²) in [4.78, 5) is 0. The molecule has 0 radical (unpaired) electrons. The fourth-order valence-corrected chi connectivity index (χ4v) is 1.66. The second-order valence-corrected chi connectivity index (χ2v) is 3.87. The number of para-hydroxylation sites is 1. The maximum Gasteiger partial charge on any atom is 0.124 e. The summed E-state index contributed by atoms with van der Waals surface area (Å²) in [7, 11) is 0. The number of benzene rings is 2. The van der Waals surface area contributed by atoms with Crippen molar-refractivity contribution in [3.63, 3.8) is 0 Å². The topological polar surface area (TPSA) is 44.6 Å². The van der Waals surface area contributed by atoms with E-state index in [1.807, 2.05) is 30.3 Å². The predicted octanol–water partition coefficient (Wildman–Crippen LogP) is 3.77. The Morgan fingerprint density at radius 2 is 1.89 bits per heavy atom. The Morgan fingerprint density at radius 3 is 2.56 bits per heavy atom. The molecule has 2 N–H and O–H groups in total. The lowest BCUT2D eigenvalue weighted by molar-refractivity contribution is 0.319. The van der Waals surface area contributed by atoms with Crippen molar-refractivity contribution < 1.29 is 9.60 Å².